The number of hydrogen-bond donors (Lipinski definition) is 1. The molecule has 0 aliphatic heterocycles. The maximum Gasteiger partial charge on any atom is 0.257 e. The Morgan fingerprint density at radius 1 is 1.22 bits per heavy atom. The molecule has 0 atom stereocenters. The van der Waals surface area contributed by atoms with E-state index in [-0.39, 0.29) is 5.91 Å². The summed E-state index contributed by atoms with van der Waals surface area (Å²) in [6.45, 7) is 0. The van der Waals surface area contributed by atoms with Crippen molar-refractivity contribution >= 4 is 45.1 Å². The Kier molecular flexibility index (Phi) is 4.87. The minimum absolute atomic E-state index is 0.179. The molecule has 0 fully saturated rings. The van der Waals surface area contributed by atoms with Gasteiger partial charge in [-0.2, -0.15) is 0 Å². The summed E-state index contributed by atoms with van der Waals surface area (Å²) in [5, 5.41) is 6.21. The first-order chi connectivity index (χ1) is 13.2. The van der Waals surface area contributed by atoms with Gasteiger partial charge in [0.15, 0.2) is 10.9 Å². The molecule has 5 nitrogen and oxygen atoms in total. The van der Waals surface area contributed by atoms with Crippen LogP contribution in [0.5, 0.6) is 5.75 Å². The third-order valence-corrected chi connectivity index (χ3v) is 5.52. The number of anilines is 1. The molecule has 2 aromatic heterocycles. The molecule has 4 rings (SSSR count). The highest BCUT2D eigenvalue weighted by molar-refractivity contribution is 7.98. The van der Waals surface area contributed by atoms with Crippen molar-refractivity contribution in [3.63, 3.8) is 0 Å². The van der Waals surface area contributed by atoms with Crippen LogP contribution in [0, 0.1) is 0 Å². The molecule has 4 aromatic rings. The maximum atomic E-state index is 12.4. The first kappa shape index (κ1) is 17.6. The van der Waals surface area contributed by atoms with Crippen LogP contribution in [-0.2, 0) is 0 Å². The molecule has 0 saturated carbocycles. The molecule has 0 saturated heterocycles. The van der Waals surface area contributed by atoms with Crippen molar-refractivity contribution in [2.24, 2.45) is 0 Å². The number of ether oxygens (including phenoxy) is 1. The molecule has 0 aliphatic carbocycles. The standard InChI is InChI=1S/C20H16N2O3S2/c1-24-14-7-6-12-9-18(25-17(12)10-14)16-11-27-20(21-16)22-19(23)13-4-3-5-15(8-13)26-2/h3-11H,1-2H3,(H,21,22,23). The van der Waals surface area contributed by atoms with Crippen LogP contribution in [-0.4, -0.2) is 24.3 Å². The monoisotopic (exact) mass is 396 g/mol. The average Bonchev–Trinajstić information content (AvgIpc) is 3.33. The second-order valence-corrected chi connectivity index (χ2v) is 7.48. The number of methoxy groups -OCH3 is 1. The summed E-state index contributed by atoms with van der Waals surface area (Å²) in [6, 6.07) is 15.1. The highest BCUT2D eigenvalue weighted by atomic mass is 32.2. The first-order valence-corrected chi connectivity index (χ1v) is 10.3. The zero-order valence-corrected chi connectivity index (χ0v) is 16.3. The zero-order chi connectivity index (χ0) is 18.8. The first-order valence-electron chi connectivity index (χ1n) is 8.15. The Labute approximate surface area is 164 Å². The van der Waals surface area contributed by atoms with Crippen molar-refractivity contribution in [1.29, 1.82) is 0 Å². The molecule has 1 amide bonds. The van der Waals surface area contributed by atoms with Crippen molar-refractivity contribution < 1.29 is 13.9 Å². The van der Waals surface area contributed by atoms with Gasteiger partial charge in [-0.25, -0.2) is 4.98 Å². The molecule has 0 bridgehead atoms. The summed E-state index contributed by atoms with van der Waals surface area (Å²) in [5.74, 6) is 1.21. The van der Waals surface area contributed by atoms with Crippen molar-refractivity contribution in [3.8, 4) is 17.2 Å². The van der Waals surface area contributed by atoms with Gasteiger partial charge >= 0.3 is 0 Å². The molecule has 7 heteroatoms. The van der Waals surface area contributed by atoms with Gasteiger partial charge in [0.1, 0.15) is 17.0 Å². The molecular formula is C20H16N2O3S2. The fourth-order valence-electron chi connectivity index (χ4n) is 2.64. The lowest BCUT2D eigenvalue weighted by Crippen LogP contribution is -2.11. The van der Waals surface area contributed by atoms with Crippen LogP contribution in [0.1, 0.15) is 10.4 Å². The van der Waals surface area contributed by atoms with Gasteiger partial charge in [-0.1, -0.05) is 6.07 Å². The summed E-state index contributed by atoms with van der Waals surface area (Å²) < 4.78 is 11.1. The number of amides is 1. The van der Waals surface area contributed by atoms with E-state index in [1.54, 1.807) is 24.9 Å². The fourth-order valence-corrected chi connectivity index (χ4v) is 3.80. The summed E-state index contributed by atoms with van der Waals surface area (Å²) in [5.41, 5.74) is 2.02. The molecular weight excluding hydrogens is 380 g/mol. The molecule has 2 heterocycles. The van der Waals surface area contributed by atoms with E-state index in [4.69, 9.17) is 9.15 Å². The zero-order valence-electron chi connectivity index (χ0n) is 14.7. The summed E-state index contributed by atoms with van der Waals surface area (Å²) in [6.07, 6.45) is 1.98. The highest BCUT2D eigenvalue weighted by Crippen LogP contribution is 2.32. The lowest BCUT2D eigenvalue weighted by molar-refractivity contribution is 0.102. The quantitative estimate of drug-likeness (QED) is 0.449. The Hall–Kier alpha value is -2.77. The second-order valence-electron chi connectivity index (χ2n) is 5.74. The fraction of sp³-hybridized carbons (Fsp3) is 0.100. The predicted octanol–water partition coefficient (Wildman–Crippen LogP) is 5.54. The van der Waals surface area contributed by atoms with Gasteiger partial charge in [-0.05, 0) is 42.7 Å². The van der Waals surface area contributed by atoms with E-state index in [2.05, 4.69) is 10.3 Å². The number of fused-ring (bicyclic) bond motifs is 1. The van der Waals surface area contributed by atoms with Crippen LogP contribution in [0.4, 0.5) is 5.13 Å². The van der Waals surface area contributed by atoms with Crippen molar-refractivity contribution in [3.05, 3.63) is 59.5 Å². The van der Waals surface area contributed by atoms with E-state index in [1.807, 2.05) is 54.1 Å². The van der Waals surface area contributed by atoms with Crippen LogP contribution in [0.15, 0.2) is 63.2 Å². The van der Waals surface area contributed by atoms with Crippen LogP contribution < -0.4 is 10.1 Å². The Bertz CT molecular complexity index is 1120. The smallest absolute Gasteiger partial charge is 0.257 e. The minimum Gasteiger partial charge on any atom is -0.497 e. The number of nitrogens with zero attached hydrogens (tertiary/aromatic N) is 1. The van der Waals surface area contributed by atoms with Gasteiger partial charge in [0.2, 0.25) is 0 Å². The molecule has 136 valence electrons. The van der Waals surface area contributed by atoms with Gasteiger partial charge in [0.25, 0.3) is 5.91 Å². The lowest BCUT2D eigenvalue weighted by atomic mass is 10.2. The van der Waals surface area contributed by atoms with Gasteiger partial charge in [0.05, 0.1) is 7.11 Å². The van der Waals surface area contributed by atoms with E-state index in [0.29, 0.717) is 22.1 Å². The molecule has 0 aliphatic rings. The molecule has 27 heavy (non-hydrogen) atoms. The van der Waals surface area contributed by atoms with Crippen molar-refractivity contribution in [1.82, 2.24) is 4.98 Å². The number of benzene rings is 2. The largest absolute Gasteiger partial charge is 0.497 e. The van der Waals surface area contributed by atoms with Gasteiger partial charge in [0, 0.05) is 27.3 Å². The van der Waals surface area contributed by atoms with E-state index >= 15 is 0 Å². The molecule has 0 spiro atoms. The van der Waals surface area contributed by atoms with Crippen LogP contribution in [0.25, 0.3) is 22.4 Å². The highest BCUT2D eigenvalue weighted by Gasteiger charge is 2.13. The van der Waals surface area contributed by atoms with Crippen LogP contribution >= 0.6 is 23.1 Å². The summed E-state index contributed by atoms with van der Waals surface area (Å²) in [4.78, 5) is 18.0. The van der Waals surface area contributed by atoms with Gasteiger partial charge in [-0.15, -0.1) is 23.1 Å². The van der Waals surface area contributed by atoms with Crippen LogP contribution in [0.2, 0.25) is 0 Å². The third kappa shape index (κ3) is 3.70. The second kappa shape index (κ2) is 7.46. The SMILES string of the molecule is COc1ccc2cc(-c3csc(NC(=O)c4cccc(SC)c4)n3)oc2c1. The molecule has 2 aromatic carbocycles. The maximum absolute atomic E-state index is 12.4. The lowest BCUT2D eigenvalue weighted by Gasteiger charge is -2.03. The molecule has 1 N–H and O–H groups in total. The Balaban J connectivity index is 1.55. The van der Waals surface area contributed by atoms with Gasteiger partial charge < -0.3 is 9.15 Å². The van der Waals surface area contributed by atoms with E-state index in [0.717, 1.165) is 21.6 Å². The topological polar surface area (TPSA) is 64.4 Å². The number of carbonyl (C=O) groups excluding carboxylic acids is 1. The van der Waals surface area contributed by atoms with E-state index in [1.165, 1.54) is 11.3 Å². The molecule has 0 unspecified atom stereocenters. The summed E-state index contributed by atoms with van der Waals surface area (Å²) >= 11 is 2.96. The van der Waals surface area contributed by atoms with Gasteiger partial charge in [-0.3, -0.25) is 10.1 Å². The number of rotatable bonds is 5. The number of hydrogen-bond acceptors (Lipinski definition) is 6. The Morgan fingerprint density at radius 2 is 2.11 bits per heavy atom. The normalized spacial score (nSPS) is 10.9. The average molecular weight is 396 g/mol. The number of nitrogens with one attached hydrogen (secondary N) is 1. The molecule has 0 radical (unpaired) electrons. The number of carbonyl (C=O) groups is 1. The predicted molar refractivity (Wildman–Crippen MR) is 110 cm³/mol. The number of aromatic nitrogens is 1. The van der Waals surface area contributed by atoms with Crippen molar-refractivity contribution in [2.45, 2.75) is 4.90 Å². The van der Waals surface area contributed by atoms with E-state index in [9.17, 15) is 4.79 Å². The number of furan rings is 1. The minimum atomic E-state index is -0.179. The van der Waals surface area contributed by atoms with E-state index < -0.39 is 0 Å². The van der Waals surface area contributed by atoms with Crippen molar-refractivity contribution in [2.75, 3.05) is 18.7 Å². The Morgan fingerprint density at radius 3 is 2.93 bits per heavy atom. The number of thioether (sulfide) groups is 1. The summed E-state index contributed by atoms with van der Waals surface area (Å²) in [7, 11) is 1.62. The van der Waals surface area contributed by atoms with Crippen LogP contribution in [0.3, 0.4) is 0 Å². The third-order valence-electron chi connectivity index (χ3n) is 4.04. The number of thiazole rings is 1.